The standard InChI is InChI=1S/C27H26Cl2N4O2/c1-17(34)33(15-14-32(2)3)22-11-9-21(10-12-22)30-26(18-4-6-19(28)7-5-18)25-23-13-8-20(29)16-24(23)31-27(25)35/h4-13,16,25H,14-15H2,1-3H3,(H,31,35). The van der Waals surface area contributed by atoms with Crippen LogP contribution in [0.4, 0.5) is 17.1 Å². The van der Waals surface area contributed by atoms with Crippen LogP contribution in [0.25, 0.3) is 0 Å². The van der Waals surface area contributed by atoms with Crippen LogP contribution in [-0.4, -0.2) is 49.6 Å². The van der Waals surface area contributed by atoms with Crippen LogP contribution in [-0.2, 0) is 9.59 Å². The Morgan fingerprint density at radius 1 is 0.943 bits per heavy atom. The van der Waals surface area contributed by atoms with E-state index in [0.717, 1.165) is 23.4 Å². The number of nitrogens with one attached hydrogen (secondary N) is 1. The molecule has 4 rings (SSSR count). The van der Waals surface area contributed by atoms with Gasteiger partial charge in [0.1, 0.15) is 5.92 Å². The first kappa shape index (κ1) is 24.9. The van der Waals surface area contributed by atoms with Crippen molar-refractivity contribution < 1.29 is 9.59 Å². The molecular formula is C27H26Cl2N4O2. The average molecular weight is 509 g/mol. The summed E-state index contributed by atoms with van der Waals surface area (Å²) in [5.41, 5.74) is 4.36. The second-order valence-corrected chi connectivity index (χ2v) is 9.52. The number of hydrogen-bond donors (Lipinski definition) is 1. The van der Waals surface area contributed by atoms with E-state index < -0.39 is 5.92 Å². The lowest BCUT2D eigenvalue weighted by Crippen LogP contribution is -2.35. The number of rotatable bonds is 7. The monoisotopic (exact) mass is 508 g/mol. The van der Waals surface area contributed by atoms with E-state index in [9.17, 15) is 9.59 Å². The van der Waals surface area contributed by atoms with E-state index in [1.807, 2.05) is 61.5 Å². The Kier molecular flexibility index (Phi) is 7.55. The first-order valence-electron chi connectivity index (χ1n) is 11.2. The molecule has 0 fully saturated rings. The summed E-state index contributed by atoms with van der Waals surface area (Å²) in [6.07, 6.45) is 0. The number of anilines is 2. The van der Waals surface area contributed by atoms with Crippen LogP contribution in [0.1, 0.15) is 24.0 Å². The number of likely N-dealkylation sites (N-methyl/N-ethyl adjacent to an activating group) is 1. The minimum Gasteiger partial charge on any atom is -0.325 e. The molecule has 35 heavy (non-hydrogen) atoms. The molecule has 0 spiro atoms. The molecule has 180 valence electrons. The van der Waals surface area contributed by atoms with Gasteiger partial charge in [0, 0.05) is 41.4 Å². The molecule has 6 nitrogen and oxygen atoms in total. The Morgan fingerprint density at radius 3 is 2.23 bits per heavy atom. The lowest BCUT2D eigenvalue weighted by atomic mass is 9.90. The Bertz CT molecular complexity index is 1270. The average Bonchev–Trinajstić information content (AvgIpc) is 3.13. The lowest BCUT2D eigenvalue weighted by Gasteiger charge is -2.23. The van der Waals surface area contributed by atoms with Crippen LogP contribution in [0.5, 0.6) is 0 Å². The Morgan fingerprint density at radius 2 is 1.60 bits per heavy atom. The number of carbonyl (C=O) groups excluding carboxylic acids is 2. The van der Waals surface area contributed by atoms with Crippen molar-refractivity contribution in [2.24, 2.45) is 4.99 Å². The minimum atomic E-state index is -0.600. The van der Waals surface area contributed by atoms with Crippen molar-refractivity contribution in [1.29, 1.82) is 0 Å². The van der Waals surface area contributed by atoms with E-state index in [4.69, 9.17) is 28.2 Å². The lowest BCUT2D eigenvalue weighted by molar-refractivity contribution is -0.117. The van der Waals surface area contributed by atoms with Gasteiger partial charge in [0.05, 0.1) is 11.4 Å². The number of amides is 2. The summed E-state index contributed by atoms with van der Waals surface area (Å²) in [5.74, 6) is -0.793. The fourth-order valence-electron chi connectivity index (χ4n) is 4.04. The molecule has 0 radical (unpaired) electrons. The first-order valence-corrected chi connectivity index (χ1v) is 12.0. The largest absolute Gasteiger partial charge is 0.325 e. The van der Waals surface area contributed by atoms with E-state index in [1.54, 1.807) is 36.1 Å². The van der Waals surface area contributed by atoms with Gasteiger partial charge in [-0.3, -0.25) is 14.6 Å². The van der Waals surface area contributed by atoms with Crippen LogP contribution in [0.15, 0.2) is 71.7 Å². The molecule has 1 atom stereocenters. The molecule has 0 saturated heterocycles. The third kappa shape index (κ3) is 5.73. The summed E-state index contributed by atoms with van der Waals surface area (Å²) in [7, 11) is 3.94. The molecule has 1 aliphatic rings. The molecule has 1 heterocycles. The van der Waals surface area contributed by atoms with Gasteiger partial charge in [0.25, 0.3) is 0 Å². The fraction of sp³-hybridized carbons (Fsp3) is 0.222. The summed E-state index contributed by atoms with van der Waals surface area (Å²) < 4.78 is 0. The molecule has 0 bridgehead atoms. The molecule has 2 amide bonds. The van der Waals surface area contributed by atoms with Crippen molar-refractivity contribution in [2.45, 2.75) is 12.8 Å². The summed E-state index contributed by atoms with van der Waals surface area (Å²) >= 11 is 12.3. The normalized spacial score (nSPS) is 15.2. The number of fused-ring (bicyclic) bond motifs is 1. The molecule has 0 aromatic heterocycles. The summed E-state index contributed by atoms with van der Waals surface area (Å²) in [6.45, 7) is 2.89. The van der Waals surface area contributed by atoms with Crippen molar-refractivity contribution >= 4 is 57.8 Å². The van der Waals surface area contributed by atoms with Gasteiger partial charge in [-0.05, 0) is 73.8 Å². The van der Waals surface area contributed by atoms with Gasteiger partial charge >= 0.3 is 0 Å². The zero-order valence-corrected chi connectivity index (χ0v) is 21.3. The van der Waals surface area contributed by atoms with Gasteiger partial charge in [-0.15, -0.1) is 0 Å². The number of halogens is 2. The molecule has 0 aliphatic carbocycles. The van der Waals surface area contributed by atoms with E-state index >= 15 is 0 Å². The fourth-order valence-corrected chi connectivity index (χ4v) is 4.34. The van der Waals surface area contributed by atoms with Gasteiger partial charge in [0.15, 0.2) is 0 Å². The Balaban J connectivity index is 1.73. The van der Waals surface area contributed by atoms with Gasteiger partial charge in [-0.1, -0.05) is 41.4 Å². The number of hydrogen-bond acceptors (Lipinski definition) is 4. The highest BCUT2D eigenvalue weighted by Crippen LogP contribution is 2.38. The van der Waals surface area contributed by atoms with E-state index in [2.05, 4.69) is 5.32 Å². The van der Waals surface area contributed by atoms with Crippen LogP contribution in [0, 0.1) is 0 Å². The maximum atomic E-state index is 13.1. The number of aliphatic imine (C=N–C) groups is 1. The molecule has 1 unspecified atom stereocenters. The molecule has 0 saturated carbocycles. The maximum Gasteiger partial charge on any atom is 0.238 e. The second-order valence-electron chi connectivity index (χ2n) is 8.65. The third-order valence-electron chi connectivity index (χ3n) is 5.82. The van der Waals surface area contributed by atoms with Gasteiger partial charge in [-0.25, -0.2) is 0 Å². The quantitative estimate of drug-likeness (QED) is 0.412. The first-order chi connectivity index (χ1) is 16.7. The van der Waals surface area contributed by atoms with Crippen LogP contribution in [0.2, 0.25) is 10.0 Å². The van der Waals surface area contributed by atoms with Crippen LogP contribution < -0.4 is 10.2 Å². The molecular weight excluding hydrogens is 483 g/mol. The molecule has 3 aromatic rings. The van der Waals surface area contributed by atoms with Crippen LogP contribution in [0.3, 0.4) is 0 Å². The highest BCUT2D eigenvalue weighted by molar-refractivity contribution is 6.32. The topological polar surface area (TPSA) is 65.0 Å². The van der Waals surface area contributed by atoms with Gasteiger partial charge in [-0.2, -0.15) is 0 Å². The number of carbonyl (C=O) groups is 2. The zero-order valence-electron chi connectivity index (χ0n) is 19.8. The molecule has 1 aliphatic heterocycles. The summed E-state index contributed by atoms with van der Waals surface area (Å²) in [5, 5.41) is 4.07. The minimum absolute atomic E-state index is 0.0251. The number of benzene rings is 3. The van der Waals surface area contributed by atoms with Gasteiger partial charge < -0.3 is 15.1 Å². The van der Waals surface area contributed by atoms with Crippen LogP contribution >= 0.6 is 23.2 Å². The second kappa shape index (κ2) is 10.6. The SMILES string of the molecule is CC(=O)N(CCN(C)C)c1ccc(N=C(c2ccc(Cl)cc2)C2C(=O)Nc3cc(Cl)ccc32)cc1. The van der Waals surface area contributed by atoms with Crippen molar-refractivity contribution in [3.63, 3.8) is 0 Å². The maximum absolute atomic E-state index is 13.1. The van der Waals surface area contributed by atoms with Crippen molar-refractivity contribution in [1.82, 2.24) is 4.90 Å². The third-order valence-corrected chi connectivity index (χ3v) is 6.31. The molecule has 1 N–H and O–H groups in total. The van der Waals surface area contributed by atoms with Crippen molar-refractivity contribution in [3.8, 4) is 0 Å². The smallest absolute Gasteiger partial charge is 0.238 e. The van der Waals surface area contributed by atoms with E-state index in [0.29, 0.717) is 33.7 Å². The highest BCUT2D eigenvalue weighted by Gasteiger charge is 2.35. The summed E-state index contributed by atoms with van der Waals surface area (Å²) in [6, 6.07) is 20.1. The van der Waals surface area contributed by atoms with Crippen molar-refractivity contribution in [2.75, 3.05) is 37.4 Å². The summed E-state index contributed by atoms with van der Waals surface area (Å²) in [4.78, 5) is 33.9. The number of nitrogens with zero attached hydrogens (tertiary/aromatic N) is 3. The van der Waals surface area contributed by atoms with Crippen molar-refractivity contribution in [3.05, 3.63) is 87.9 Å². The van der Waals surface area contributed by atoms with Gasteiger partial charge in [0.2, 0.25) is 11.8 Å². The molecule has 3 aromatic carbocycles. The Hall–Kier alpha value is -3.19. The van der Waals surface area contributed by atoms with E-state index in [1.165, 1.54) is 0 Å². The molecule has 8 heteroatoms. The van der Waals surface area contributed by atoms with E-state index in [-0.39, 0.29) is 11.8 Å². The Labute approximate surface area is 215 Å². The predicted octanol–water partition coefficient (Wildman–Crippen LogP) is 5.76. The zero-order chi connectivity index (χ0) is 25.1. The highest BCUT2D eigenvalue weighted by atomic mass is 35.5. The predicted molar refractivity (Wildman–Crippen MR) is 143 cm³/mol.